The van der Waals surface area contributed by atoms with Gasteiger partial charge in [0.05, 0.1) is 0 Å². The smallest absolute Gasteiger partial charge is 0.306 e. The van der Waals surface area contributed by atoms with Crippen molar-refractivity contribution >= 4 is 17.9 Å². The van der Waals surface area contributed by atoms with Crippen LogP contribution < -0.4 is 0 Å². The number of hydrogen-bond donors (Lipinski definition) is 0. The van der Waals surface area contributed by atoms with Crippen LogP contribution in [0.1, 0.15) is 329 Å². The van der Waals surface area contributed by atoms with Crippen molar-refractivity contribution in [1.29, 1.82) is 0 Å². The van der Waals surface area contributed by atoms with Crippen molar-refractivity contribution in [3.05, 3.63) is 60.8 Å². The summed E-state index contributed by atoms with van der Waals surface area (Å²) in [6, 6.07) is 0. The molecule has 0 saturated carbocycles. The van der Waals surface area contributed by atoms with E-state index in [-0.39, 0.29) is 31.1 Å². The molecule has 0 heterocycles. The van der Waals surface area contributed by atoms with E-state index in [0.29, 0.717) is 19.3 Å². The Kier molecular flexibility index (Phi) is 59.2. The zero-order valence-electron chi connectivity index (χ0n) is 48.7. The van der Waals surface area contributed by atoms with Crippen molar-refractivity contribution in [2.45, 2.75) is 335 Å². The molecule has 424 valence electrons. The third-order valence-electron chi connectivity index (χ3n) is 14.0. The Labute approximate surface area is 453 Å². The summed E-state index contributed by atoms with van der Waals surface area (Å²) in [5.41, 5.74) is 0. The molecular formula is C67H120O6. The van der Waals surface area contributed by atoms with Crippen molar-refractivity contribution in [2.24, 2.45) is 0 Å². The van der Waals surface area contributed by atoms with Gasteiger partial charge in [-0.05, 0) is 83.5 Å². The number of hydrogen-bond acceptors (Lipinski definition) is 6. The number of unbranched alkanes of at least 4 members (excludes halogenated alkanes) is 37. The Morgan fingerprint density at radius 1 is 0.288 bits per heavy atom. The van der Waals surface area contributed by atoms with E-state index in [1.165, 1.54) is 199 Å². The van der Waals surface area contributed by atoms with E-state index in [2.05, 4.69) is 81.5 Å². The SMILES string of the molecule is CC/C=C\C/C=C\C/C=C\C/C=C\CCCCCCCCCCCCC(=O)OCC(COC(=O)CCCCCCC/C=C\CCCCCCC)OC(=O)CCCCCCCCCCCCCCCCCCCC. The number of allylic oxidation sites excluding steroid dienone is 10. The largest absolute Gasteiger partial charge is 0.462 e. The predicted molar refractivity (Wildman–Crippen MR) is 316 cm³/mol. The van der Waals surface area contributed by atoms with Crippen molar-refractivity contribution in [3.8, 4) is 0 Å². The molecule has 0 aromatic heterocycles. The van der Waals surface area contributed by atoms with Gasteiger partial charge in [0.15, 0.2) is 6.10 Å². The lowest BCUT2D eigenvalue weighted by Crippen LogP contribution is -2.30. The van der Waals surface area contributed by atoms with Crippen molar-refractivity contribution < 1.29 is 28.6 Å². The third-order valence-corrected chi connectivity index (χ3v) is 14.0. The maximum atomic E-state index is 12.9. The molecule has 0 fully saturated rings. The minimum Gasteiger partial charge on any atom is -0.462 e. The minimum absolute atomic E-state index is 0.0757. The van der Waals surface area contributed by atoms with E-state index in [1.807, 2.05) is 0 Å². The van der Waals surface area contributed by atoms with Crippen LogP contribution in [0.2, 0.25) is 0 Å². The van der Waals surface area contributed by atoms with Gasteiger partial charge in [-0.25, -0.2) is 0 Å². The lowest BCUT2D eigenvalue weighted by molar-refractivity contribution is -0.167. The Hall–Kier alpha value is -2.89. The monoisotopic (exact) mass is 1020 g/mol. The van der Waals surface area contributed by atoms with Crippen molar-refractivity contribution in [2.75, 3.05) is 13.2 Å². The molecule has 0 amide bonds. The molecule has 0 aromatic carbocycles. The lowest BCUT2D eigenvalue weighted by Gasteiger charge is -2.18. The first-order valence-corrected chi connectivity index (χ1v) is 31.8. The second-order valence-electron chi connectivity index (χ2n) is 21.3. The summed E-state index contributed by atoms with van der Waals surface area (Å²) in [4.78, 5) is 38.3. The molecule has 0 saturated heterocycles. The quantitative estimate of drug-likeness (QED) is 0.0261. The topological polar surface area (TPSA) is 78.9 Å². The van der Waals surface area contributed by atoms with Crippen LogP contribution in [0.4, 0.5) is 0 Å². The van der Waals surface area contributed by atoms with E-state index in [1.54, 1.807) is 0 Å². The van der Waals surface area contributed by atoms with Crippen LogP contribution in [-0.4, -0.2) is 37.2 Å². The average Bonchev–Trinajstić information content (AvgIpc) is 3.39. The second-order valence-corrected chi connectivity index (χ2v) is 21.3. The van der Waals surface area contributed by atoms with Crippen LogP contribution in [0.3, 0.4) is 0 Å². The molecular weight excluding hydrogens is 901 g/mol. The van der Waals surface area contributed by atoms with Gasteiger partial charge in [0.2, 0.25) is 0 Å². The summed E-state index contributed by atoms with van der Waals surface area (Å²) in [6.07, 6.45) is 77.9. The molecule has 0 radical (unpaired) electrons. The number of esters is 3. The number of ether oxygens (including phenoxy) is 3. The first-order chi connectivity index (χ1) is 36.0. The Balaban J connectivity index is 4.32. The molecule has 6 heteroatoms. The fourth-order valence-corrected chi connectivity index (χ4v) is 9.25. The number of carbonyl (C=O) groups is 3. The van der Waals surface area contributed by atoms with Crippen LogP contribution in [0.25, 0.3) is 0 Å². The van der Waals surface area contributed by atoms with Crippen LogP contribution in [-0.2, 0) is 28.6 Å². The van der Waals surface area contributed by atoms with Gasteiger partial charge >= 0.3 is 17.9 Å². The number of rotatable bonds is 58. The molecule has 0 bridgehead atoms. The molecule has 6 nitrogen and oxygen atoms in total. The fourth-order valence-electron chi connectivity index (χ4n) is 9.25. The molecule has 73 heavy (non-hydrogen) atoms. The van der Waals surface area contributed by atoms with Gasteiger partial charge in [-0.15, -0.1) is 0 Å². The zero-order valence-corrected chi connectivity index (χ0v) is 48.7. The van der Waals surface area contributed by atoms with E-state index in [9.17, 15) is 14.4 Å². The minimum atomic E-state index is -0.778. The highest BCUT2D eigenvalue weighted by atomic mass is 16.6. The summed E-state index contributed by atoms with van der Waals surface area (Å²) < 4.78 is 16.9. The molecule has 0 aromatic rings. The van der Waals surface area contributed by atoms with E-state index in [4.69, 9.17) is 14.2 Å². The molecule has 0 aliphatic rings. The van der Waals surface area contributed by atoms with Crippen LogP contribution in [0.15, 0.2) is 60.8 Å². The van der Waals surface area contributed by atoms with E-state index >= 15 is 0 Å². The third kappa shape index (κ3) is 59.9. The molecule has 1 unspecified atom stereocenters. The zero-order chi connectivity index (χ0) is 52.9. The maximum Gasteiger partial charge on any atom is 0.306 e. The Morgan fingerprint density at radius 2 is 0.534 bits per heavy atom. The summed E-state index contributed by atoms with van der Waals surface area (Å²) >= 11 is 0. The molecule has 0 aliphatic carbocycles. The van der Waals surface area contributed by atoms with E-state index < -0.39 is 6.10 Å². The highest BCUT2D eigenvalue weighted by molar-refractivity contribution is 5.71. The molecule has 1 atom stereocenters. The summed E-state index contributed by atoms with van der Waals surface area (Å²) in [5.74, 6) is -0.869. The second kappa shape index (κ2) is 61.7. The van der Waals surface area contributed by atoms with Gasteiger partial charge in [0.25, 0.3) is 0 Å². The van der Waals surface area contributed by atoms with Crippen LogP contribution >= 0.6 is 0 Å². The normalized spacial score (nSPS) is 12.4. The first-order valence-electron chi connectivity index (χ1n) is 31.8. The van der Waals surface area contributed by atoms with E-state index in [0.717, 1.165) is 89.9 Å². The molecule has 0 rings (SSSR count). The highest BCUT2D eigenvalue weighted by Crippen LogP contribution is 2.17. The summed E-state index contributed by atoms with van der Waals surface area (Å²) in [7, 11) is 0. The molecule has 0 spiro atoms. The van der Waals surface area contributed by atoms with Crippen molar-refractivity contribution in [3.63, 3.8) is 0 Å². The Bertz CT molecular complexity index is 1310. The van der Waals surface area contributed by atoms with Crippen molar-refractivity contribution in [1.82, 2.24) is 0 Å². The van der Waals surface area contributed by atoms with Crippen LogP contribution in [0, 0.1) is 0 Å². The van der Waals surface area contributed by atoms with Gasteiger partial charge in [-0.1, -0.05) is 287 Å². The maximum absolute atomic E-state index is 12.9. The first kappa shape index (κ1) is 70.1. The van der Waals surface area contributed by atoms with Gasteiger partial charge in [0.1, 0.15) is 13.2 Å². The molecule has 0 N–H and O–H groups in total. The highest BCUT2D eigenvalue weighted by Gasteiger charge is 2.19. The fraction of sp³-hybridized carbons (Fsp3) is 0.806. The van der Waals surface area contributed by atoms with Gasteiger partial charge in [-0.3, -0.25) is 14.4 Å². The van der Waals surface area contributed by atoms with Crippen LogP contribution in [0.5, 0.6) is 0 Å². The van der Waals surface area contributed by atoms with Gasteiger partial charge in [0, 0.05) is 19.3 Å². The molecule has 0 aliphatic heterocycles. The Morgan fingerprint density at radius 3 is 0.849 bits per heavy atom. The summed E-state index contributed by atoms with van der Waals surface area (Å²) in [6.45, 7) is 6.56. The standard InChI is InChI=1S/C67H120O6/c1-4-7-10-13-16-19-22-25-28-30-32-33-34-35-36-38-39-42-45-48-51-54-57-60-66(69)72-63-64(62-71-65(68)59-56-53-50-47-44-41-27-24-21-18-15-12-9-6-3)73-67(70)61-58-55-52-49-46-43-40-37-31-29-26-23-20-17-14-11-8-5-2/h7,10,16,19,24-25,27-28,32-33,64H,4-6,8-9,11-15,17-18,20-23,26,29-31,34-63H2,1-3H3/b10-7-,19-16-,27-24-,28-25-,33-32-. The number of carbonyl (C=O) groups excluding carboxylic acids is 3. The van der Waals surface area contributed by atoms with Gasteiger partial charge in [-0.2, -0.15) is 0 Å². The van der Waals surface area contributed by atoms with Gasteiger partial charge < -0.3 is 14.2 Å². The predicted octanol–water partition coefficient (Wildman–Crippen LogP) is 21.6. The lowest BCUT2D eigenvalue weighted by atomic mass is 10.0. The summed E-state index contributed by atoms with van der Waals surface area (Å²) in [5, 5.41) is 0. The average molecular weight is 1020 g/mol.